The summed E-state index contributed by atoms with van der Waals surface area (Å²) in [5.74, 6) is 0. The lowest BCUT2D eigenvalue weighted by Gasteiger charge is -2.25. The maximum atomic E-state index is 9.12. The monoisotopic (exact) mass is 234 g/mol. The highest BCUT2D eigenvalue weighted by Gasteiger charge is 2.14. The van der Waals surface area contributed by atoms with Crippen molar-refractivity contribution in [3.8, 4) is 0 Å². The number of likely N-dealkylation sites (N-methyl/N-ethyl adjacent to an activating group) is 1. The van der Waals surface area contributed by atoms with Gasteiger partial charge in [-0.2, -0.15) is 0 Å². The third-order valence-corrected chi connectivity index (χ3v) is 3.50. The highest BCUT2D eigenvalue weighted by Crippen LogP contribution is 2.22. The van der Waals surface area contributed by atoms with Crippen LogP contribution in [0.25, 0.3) is 0 Å². The molecule has 1 aromatic rings. The van der Waals surface area contributed by atoms with E-state index in [0.29, 0.717) is 0 Å². The zero-order chi connectivity index (χ0) is 12.3. The van der Waals surface area contributed by atoms with Crippen LogP contribution >= 0.6 is 0 Å². The molecule has 1 aromatic carbocycles. The van der Waals surface area contributed by atoms with E-state index >= 15 is 0 Å². The maximum absolute atomic E-state index is 9.12. The number of rotatable bonds is 2. The van der Waals surface area contributed by atoms with Crippen LogP contribution in [0.15, 0.2) is 18.2 Å². The van der Waals surface area contributed by atoms with E-state index in [1.807, 2.05) is 6.07 Å². The molecule has 1 N–H and O–H groups in total. The Kier molecular flexibility index (Phi) is 4.02. The van der Waals surface area contributed by atoms with E-state index < -0.39 is 0 Å². The summed E-state index contributed by atoms with van der Waals surface area (Å²) < 4.78 is 0. The van der Waals surface area contributed by atoms with E-state index in [0.717, 1.165) is 25.2 Å². The van der Waals surface area contributed by atoms with Crippen molar-refractivity contribution >= 4 is 5.69 Å². The second-order valence-corrected chi connectivity index (χ2v) is 4.92. The van der Waals surface area contributed by atoms with Crippen molar-refractivity contribution in [1.82, 2.24) is 4.90 Å². The fourth-order valence-electron chi connectivity index (χ4n) is 2.46. The molecule has 1 aliphatic heterocycles. The predicted molar refractivity (Wildman–Crippen MR) is 71.4 cm³/mol. The molecule has 3 heteroatoms. The Morgan fingerprint density at radius 2 is 2.00 bits per heavy atom. The third-order valence-electron chi connectivity index (χ3n) is 3.50. The Morgan fingerprint density at radius 3 is 2.71 bits per heavy atom. The van der Waals surface area contributed by atoms with Crippen LogP contribution in [0.1, 0.15) is 17.5 Å². The summed E-state index contributed by atoms with van der Waals surface area (Å²) in [5, 5.41) is 9.12. The lowest BCUT2D eigenvalue weighted by Crippen LogP contribution is -2.29. The minimum atomic E-state index is 0.129. The molecule has 0 saturated carbocycles. The summed E-state index contributed by atoms with van der Waals surface area (Å²) in [5.41, 5.74) is 3.58. The number of nitrogens with zero attached hydrogens (tertiary/aromatic N) is 2. The van der Waals surface area contributed by atoms with Crippen molar-refractivity contribution in [1.29, 1.82) is 0 Å². The smallest absolute Gasteiger partial charge is 0.0681 e. The lowest BCUT2D eigenvalue weighted by molar-refractivity contribution is 0.282. The van der Waals surface area contributed by atoms with E-state index in [2.05, 4.69) is 35.9 Å². The molecule has 17 heavy (non-hydrogen) atoms. The first kappa shape index (κ1) is 12.4. The molecule has 0 radical (unpaired) electrons. The van der Waals surface area contributed by atoms with Crippen molar-refractivity contribution in [2.75, 3.05) is 38.1 Å². The third kappa shape index (κ3) is 2.99. The number of hydrogen-bond acceptors (Lipinski definition) is 3. The van der Waals surface area contributed by atoms with E-state index in [4.69, 9.17) is 5.11 Å². The van der Waals surface area contributed by atoms with Gasteiger partial charge in [-0.15, -0.1) is 0 Å². The normalized spacial score (nSPS) is 18.2. The van der Waals surface area contributed by atoms with Crippen LogP contribution in [0.5, 0.6) is 0 Å². The predicted octanol–water partition coefficient (Wildman–Crippen LogP) is 1.63. The van der Waals surface area contributed by atoms with E-state index in [9.17, 15) is 0 Å². The highest BCUT2D eigenvalue weighted by molar-refractivity contribution is 5.54. The Balaban J connectivity index is 2.15. The topological polar surface area (TPSA) is 26.7 Å². The molecule has 2 rings (SSSR count). The van der Waals surface area contributed by atoms with Gasteiger partial charge in [0.15, 0.2) is 0 Å². The molecule has 0 bridgehead atoms. The maximum Gasteiger partial charge on any atom is 0.0681 e. The van der Waals surface area contributed by atoms with Gasteiger partial charge < -0.3 is 14.9 Å². The average molecular weight is 234 g/mol. The molecule has 1 fully saturated rings. The molecule has 94 valence electrons. The summed E-state index contributed by atoms with van der Waals surface area (Å²) in [6, 6.07) is 6.26. The number of aryl methyl sites for hydroxylation is 1. The molecule has 0 aromatic heterocycles. The summed E-state index contributed by atoms with van der Waals surface area (Å²) in [6.45, 7) is 6.79. The summed E-state index contributed by atoms with van der Waals surface area (Å²) in [6.07, 6.45) is 1.22. The molecule has 1 saturated heterocycles. The minimum Gasteiger partial charge on any atom is -0.392 e. The van der Waals surface area contributed by atoms with Crippen LogP contribution in [0.3, 0.4) is 0 Å². The van der Waals surface area contributed by atoms with Gasteiger partial charge in [0.1, 0.15) is 0 Å². The largest absolute Gasteiger partial charge is 0.392 e. The second-order valence-electron chi connectivity index (χ2n) is 4.92. The Bertz CT molecular complexity index is 378. The van der Waals surface area contributed by atoms with Crippen LogP contribution in [-0.4, -0.2) is 43.2 Å². The number of anilines is 1. The van der Waals surface area contributed by atoms with Crippen LogP contribution in [0.2, 0.25) is 0 Å². The zero-order valence-corrected chi connectivity index (χ0v) is 10.8. The van der Waals surface area contributed by atoms with Gasteiger partial charge in [-0.1, -0.05) is 12.1 Å². The van der Waals surface area contributed by atoms with Crippen LogP contribution in [0, 0.1) is 6.92 Å². The van der Waals surface area contributed by atoms with Gasteiger partial charge in [-0.3, -0.25) is 0 Å². The fraction of sp³-hybridized carbons (Fsp3) is 0.571. The van der Waals surface area contributed by atoms with Gasteiger partial charge in [0.05, 0.1) is 6.61 Å². The van der Waals surface area contributed by atoms with Crippen molar-refractivity contribution < 1.29 is 5.11 Å². The Labute approximate surface area is 104 Å². The Morgan fingerprint density at radius 1 is 1.18 bits per heavy atom. The summed E-state index contributed by atoms with van der Waals surface area (Å²) >= 11 is 0. The number of aliphatic hydroxyl groups excluding tert-OH is 1. The number of benzene rings is 1. The molecule has 1 heterocycles. The van der Waals surface area contributed by atoms with Crippen LogP contribution < -0.4 is 4.90 Å². The summed E-state index contributed by atoms with van der Waals surface area (Å²) in [4.78, 5) is 4.84. The molecular formula is C14H22N2O. The first-order chi connectivity index (χ1) is 8.20. The van der Waals surface area contributed by atoms with E-state index in [1.165, 1.54) is 24.2 Å². The Hall–Kier alpha value is -1.06. The van der Waals surface area contributed by atoms with Crippen LogP contribution in [0.4, 0.5) is 5.69 Å². The first-order valence-electron chi connectivity index (χ1n) is 6.34. The van der Waals surface area contributed by atoms with Crippen molar-refractivity contribution in [2.45, 2.75) is 20.0 Å². The van der Waals surface area contributed by atoms with Gasteiger partial charge in [-0.25, -0.2) is 0 Å². The van der Waals surface area contributed by atoms with Crippen molar-refractivity contribution in [3.05, 3.63) is 29.3 Å². The molecule has 0 spiro atoms. The van der Waals surface area contributed by atoms with Gasteiger partial charge in [0.2, 0.25) is 0 Å². The molecule has 0 unspecified atom stereocenters. The SMILES string of the molecule is Cc1cc(CO)ccc1N1CCCN(C)CC1. The van der Waals surface area contributed by atoms with Crippen LogP contribution in [-0.2, 0) is 6.61 Å². The highest BCUT2D eigenvalue weighted by atomic mass is 16.3. The minimum absolute atomic E-state index is 0.129. The second kappa shape index (κ2) is 5.52. The molecular weight excluding hydrogens is 212 g/mol. The van der Waals surface area contributed by atoms with E-state index in [-0.39, 0.29) is 6.61 Å². The molecule has 0 aliphatic carbocycles. The van der Waals surface area contributed by atoms with Gasteiger partial charge in [0, 0.05) is 25.3 Å². The quantitative estimate of drug-likeness (QED) is 0.842. The first-order valence-corrected chi connectivity index (χ1v) is 6.34. The summed E-state index contributed by atoms with van der Waals surface area (Å²) in [7, 11) is 2.19. The fourth-order valence-corrected chi connectivity index (χ4v) is 2.46. The average Bonchev–Trinajstić information content (AvgIpc) is 2.54. The lowest BCUT2D eigenvalue weighted by atomic mass is 10.1. The van der Waals surface area contributed by atoms with Gasteiger partial charge in [0.25, 0.3) is 0 Å². The standard InChI is InChI=1S/C14H22N2O/c1-12-10-13(11-17)4-5-14(12)16-7-3-6-15(2)8-9-16/h4-5,10,17H,3,6-9,11H2,1-2H3. The van der Waals surface area contributed by atoms with Crippen molar-refractivity contribution in [3.63, 3.8) is 0 Å². The van der Waals surface area contributed by atoms with Gasteiger partial charge >= 0.3 is 0 Å². The van der Waals surface area contributed by atoms with Crippen molar-refractivity contribution in [2.24, 2.45) is 0 Å². The molecule has 3 nitrogen and oxygen atoms in total. The zero-order valence-electron chi connectivity index (χ0n) is 10.8. The molecule has 0 atom stereocenters. The number of hydrogen-bond donors (Lipinski definition) is 1. The number of aliphatic hydroxyl groups is 1. The van der Waals surface area contributed by atoms with Gasteiger partial charge in [-0.05, 0) is 44.1 Å². The molecule has 0 amide bonds. The van der Waals surface area contributed by atoms with E-state index in [1.54, 1.807) is 0 Å². The molecule has 1 aliphatic rings.